The van der Waals surface area contributed by atoms with Crippen molar-refractivity contribution in [3.63, 3.8) is 0 Å². The van der Waals surface area contributed by atoms with Crippen LogP contribution >= 0.6 is 0 Å². The van der Waals surface area contributed by atoms with Crippen LogP contribution in [0.2, 0.25) is 0 Å². The van der Waals surface area contributed by atoms with Crippen molar-refractivity contribution in [3.8, 4) is 0 Å². The molecule has 0 aromatic carbocycles. The zero-order chi connectivity index (χ0) is 15.5. The summed E-state index contributed by atoms with van der Waals surface area (Å²) in [6, 6.07) is 4.20. The molecular weight excluding hydrogens is 260 g/mol. The van der Waals surface area contributed by atoms with E-state index in [-0.39, 0.29) is 5.54 Å². The molecule has 2 heterocycles. The maximum Gasteiger partial charge on any atom is 0.151 e. The molecule has 1 fully saturated rings. The molecule has 1 aromatic heterocycles. The van der Waals surface area contributed by atoms with Gasteiger partial charge in [0.05, 0.1) is 5.69 Å². The van der Waals surface area contributed by atoms with Crippen LogP contribution in [0.3, 0.4) is 0 Å². The van der Waals surface area contributed by atoms with Gasteiger partial charge in [0, 0.05) is 25.2 Å². The summed E-state index contributed by atoms with van der Waals surface area (Å²) in [5, 5.41) is 12.2. The summed E-state index contributed by atoms with van der Waals surface area (Å²) in [6.07, 6.45) is 3.76. The summed E-state index contributed by atoms with van der Waals surface area (Å²) in [5.41, 5.74) is 1.63. The van der Waals surface area contributed by atoms with Crippen molar-refractivity contribution in [2.24, 2.45) is 5.41 Å². The van der Waals surface area contributed by atoms with E-state index < -0.39 is 0 Å². The van der Waals surface area contributed by atoms with Crippen LogP contribution in [0.15, 0.2) is 12.1 Å². The monoisotopic (exact) mass is 290 g/mol. The first-order valence-corrected chi connectivity index (χ1v) is 8.14. The third kappa shape index (κ3) is 4.67. The Kier molecular flexibility index (Phi) is 4.87. The third-order valence-electron chi connectivity index (χ3n) is 4.65. The van der Waals surface area contributed by atoms with Crippen LogP contribution < -0.4 is 10.2 Å². The van der Waals surface area contributed by atoms with Crippen molar-refractivity contribution in [2.75, 3.05) is 18.0 Å². The molecule has 2 rings (SSSR count). The van der Waals surface area contributed by atoms with Gasteiger partial charge in [-0.25, -0.2) is 0 Å². The average molecular weight is 290 g/mol. The number of nitrogens with zero attached hydrogens (tertiary/aromatic N) is 3. The van der Waals surface area contributed by atoms with E-state index in [9.17, 15) is 0 Å². The third-order valence-corrected chi connectivity index (χ3v) is 4.65. The molecule has 0 aliphatic carbocycles. The Bertz CT molecular complexity index is 439. The lowest BCUT2D eigenvalue weighted by atomic mass is 9.78. The largest absolute Gasteiger partial charge is 0.355 e. The number of aromatic nitrogens is 2. The lowest BCUT2D eigenvalue weighted by molar-refractivity contribution is 0.237. The maximum absolute atomic E-state index is 4.41. The Morgan fingerprint density at radius 2 is 1.86 bits per heavy atom. The normalized spacial score (nSPS) is 18.8. The van der Waals surface area contributed by atoms with Crippen molar-refractivity contribution < 1.29 is 0 Å². The van der Waals surface area contributed by atoms with Crippen LogP contribution in [-0.4, -0.2) is 28.8 Å². The van der Waals surface area contributed by atoms with E-state index in [0.717, 1.165) is 31.1 Å². The van der Waals surface area contributed by atoms with Crippen LogP contribution in [0.25, 0.3) is 0 Å². The molecule has 4 nitrogen and oxygen atoms in total. The Hall–Kier alpha value is -1.16. The Morgan fingerprint density at radius 3 is 2.33 bits per heavy atom. The molecule has 1 aliphatic heterocycles. The van der Waals surface area contributed by atoms with Crippen molar-refractivity contribution in [1.82, 2.24) is 15.5 Å². The van der Waals surface area contributed by atoms with Crippen molar-refractivity contribution in [1.29, 1.82) is 0 Å². The average Bonchev–Trinajstić information content (AvgIpc) is 2.46. The smallest absolute Gasteiger partial charge is 0.151 e. The van der Waals surface area contributed by atoms with E-state index in [0.29, 0.717) is 5.41 Å². The highest BCUT2D eigenvalue weighted by molar-refractivity contribution is 5.38. The van der Waals surface area contributed by atoms with E-state index >= 15 is 0 Å². The lowest BCUT2D eigenvalue weighted by Crippen LogP contribution is -2.39. The van der Waals surface area contributed by atoms with Gasteiger partial charge >= 0.3 is 0 Å². The second-order valence-electron chi connectivity index (χ2n) is 7.64. The Balaban J connectivity index is 1.91. The van der Waals surface area contributed by atoms with Crippen LogP contribution in [-0.2, 0) is 6.54 Å². The van der Waals surface area contributed by atoms with Gasteiger partial charge in [0.25, 0.3) is 0 Å². The molecule has 0 radical (unpaired) electrons. The molecule has 0 unspecified atom stereocenters. The molecular formula is C17H30N4. The SMILES string of the molecule is CCC1(C)CCN(c2ccc(CNC(C)(C)C)nn2)CC1. The van der Waals surface area contributed by atoms with Gasteiger partial charge in [-0.15, -0.1) is 5.10 Å². The molecule has 1 aliphatic rings. The first-order chi connectivity index (χ1) is 9.81. The predicted molar refractivity (Wildman–Crippen MR) is 88.5 cm³/mol. The van der Waals surface area contributed by atoms with E-state index in [1.807, 2.05) is 0 Å². The van der Waals surface area contributed by atoms with E-state index in [2.05, 4.69) is 67.2 Å². The summed E-state index contributed by atoms with van der Waals surface area (Å²) in [5.74, 6) is 1.02. The molecule has 4 heteroatoms. The summed E-state index contributed by atoms with van der Waals surface area (Å²) in [4.78, 5) is 2.37. The van der Waals surface area contributed by atoms with Crippen LogP contribution in [0.5, 0.6) is 0 Å². The van der Waals surface area contributed by atoms with Gasteiger partial charge in [-0.2, -0.15) is 5.10 Å². The fourth-order valence-corrected chi connectivity index (χ4v) is 2.60. The molecule has 21 heavy (non-hydrogen) atoms. The zero-order valence-corrected chi connectivity index (χ0v) is 14.2. The van der Waals surface area contributed by atoms with Gasteiger partial charge in [0.15, 0.2) is 5.82 Å². The van der Waals surface area contributed by atoms with E-state index in [1.54, 1.807) is 0 Å². The second kappa shape index (κ2) is 6.30. The fraction of sp³-hybridized carbons (Fsp3) is 0.765. The highest BCUT2D eigenvalue weighted by Gasteiger charge is 2.28. The number of rotatable bonds is 4. The van der Waals surface area contributed by atoms with E-state index in [4.69, 9.17) is 0 Å². The van der Waals surface area contributed by atoms with Crippen LogP contribution in [0.4, 0.5) is 5.82 Å². The highest BCUT2D eigenvalue weighted by Crippen LogP contribution is 2.34. The molecule has 1 saturated heterocycles. The second-order valence-corrected chi connectivity index (χ2v) is 7.64. The topological polar surface area (TPSA) is 41.0 Å². The number of hydrogen-bond donors (Lipinski definition) is 1. The minimum absolute atomic E-state index is 0.109. The van der Waals surface area contributed by atoms with E-state index in [1.165, 1.54) is 19.3 Å². The maximum atomic E-state index is 4.41. The van der Waals surface area contributed by atoms with Gasteiger partial charge in [-0.1, -0.05) is 20.3 Å². The number of piperidine rings is 1. The minimum Gasteiger partial charge on any atom is -0.355 e. The van der Waals surface area contributed by atoms with Crippen LogP contribution in [0, 0.1) is 5.41 Å². The van der Waals surface area contributed by atoms with Gasteiger partial charge < -0.3 is 10.2 Å². The molecule has 0 spiro atoms. The van der Waals surface area contributed by atoms with Crippen molar-refractivity contribution in [2.45, 2.75) is 66.0 Å². The zero-order valence-electron chi connectivity index (χ0n) is 14.2. The molecule has 1 N–H and O–H groups in total. The van der Waals surface area contributed by atoms with Gasteiger partial charge in [0.2, 0.25) is 0 Å². The lowest BCUT2D eigenvalue weighted by Gasteiger charge is -2.39. The molecule has 0 saturated carbocycles. The van der Waals surface area contributed by atoms with Crippen LogP contribution in [0.1, 0.15) is 59.6 Å². The summed E-state index contributed by atoms with van der Waals surface area (Å²) in [6.45, 7) is 14.1. The predicted octanol–water partition coefficient (Wildman–Crippen LogP) is 3.38. The highest BCUT2D eigenvalue weighted by atomic mass is 15.3. The Labute approximate surface area is 129 Å². The minimum atomic E-state index is 0.109. The summed E-state index contributed by atoms with van der Waals surface area (Å²) in [7, 11) is 0. The molecule has 0 amide bonds. The van der Waals surface area contributed by atoms with Gasteiger partial charge in [0.1, 0.15) is 0 Å². The number of hydrogen-bond acceptors (Lipinski definition) is 4. The summed E-state index contributed by atoms with van der Waals surface area (Å²) >= 11 is 0. The molecule has 118 valence electrons. The molecule has 1 aromatic rings. The number of nitrogens with one attached hydrogen (secondary N) is 1. The molecule has 0 bridgehead atoms. The summed E-state index contributed by atoms with van der Waals surface area (Å²) < 4.78 is 0. The first kappa shape index (κ1) is 16.2. The molecule has 0 atom stereocenters. The van der Waals surface area contributed by atoms with Crippen molar-refractivity contribution in [3.05, 3.63) is 17.8 Å². The fourth-order valence-electron chi connectivity index (χ4n) is 2.60. The van der Waals surface area contributed by atoms with Gasteiger partial charge in [-0.3, -0.25) is 0 Å². The Morgan fingerprint density at radius 1 is 1.19 bits per heavy atom. The first-order valence-electron chi connectivity index (χ1n) is 8.14. The standard InChI is InChI=1S/C17H30N4/c1-6-17(5)9-11-21(12-10-17)15-8-7-14(19-20-15)13-18-16(2,3)4/h7-8,18H,6,9-13H2,1-5H3. The van der Waals surface area contributed by atoms with Gasteiger partial charge in [-0.05, 0) is 51.2 Å². The quantitative estimate of drug-likeness (QED) is 0.923. The van der Waals surface area contributed by atoms with Crippen molar-refractivity contribution >= 4 is 5.82 Å². The number of anilines is 1.